The molecule has 1 aromatic carbocycles. The summed E-state index contributed by atoms with van der Waals surface area (Å²) in [5.74, 6) is -5.29. The number of pyridine rings is 1. The molecule has 0 atom stereocenters. The lowest BCUT2D eigenvalue weighted by molar-refractivity contribution is -0.275. The molecule has 2 heterocycles. The number of halogens is 5. The summed E-state index contributed by atoms with van der Waals surface area (Å²) in [6, 6.07) is 6.08. The maximum absolute atomic E-state index is 13.2. The number of benzene rings is 1. The number of carbonyl (C=O) groups excluding carboxylic acids is 1. The summed E-state index contributed by atoms with van der Waals surface area (Å²) in [6.07, 6.45) is -8.47. The van der Waals surface area contributed by atoms with E-state index < -0.39 is 62.5 Å². The van der Waals surface area contributed by atoms with Crippen LogP contribution in [-0.2, 0) is 14.8 Å². The van der Waals surface area contributed by atoms with Crippen LogP contribution in [0.5, 0.6) is 5.75 Å². The monoisotopic (exact) mass is 520 g/mol. The molecule has 3 rings (SSSR count). The summed E-state index contributed by atoms with van der Waals surface area (Å²) >= 11 is 0. The number of carboxylic acids is 1. The van der Waals surface area contributed by atoms with Gasteiger partial charge in [0.25, 0.3) is 16.4 Å². The molecule has 0 radical (unpaired) electrons. The van der Waals surface area contributed by atoms with Gasteiger partial charge in [-0.3, -0.25) is 4.79 Å². The maximum Gasteiger partial charge on any atom is 0.573 e. The van der Waals surface area contributed by atoms with E-state index in [4.69, 9.17) is 5.11 Å². The van der Waals surface area contributed by atoms with Crippen LogP contribution in [0.2, 0.25) is 0 Å². The number of hydrogen-bond donors (Lipinski definition) is 2. The Morgan fingerprint density at radius 3 is 2.43 bits per heavy atom. The Kier molecular flexibility index (Phi) is 6.83. The quantitative estimate of drug-likeness (QED) is 0.525. The number of nitrogens with one attached hydrogen (secondary N) is 1. The summed E-state index contributed by atoms with van der Waals surface area (Å²) in [6.45, 7) is -0.586. The van der Waals surface area contributed by atoms with Gasteiger partial charge in [0.1, 0.15) is 28.2 Å². The summed E-state index contributed by atoms with van der Waals surface area (Å²) in [4.78, 5) is 27.3. The SMILES string of the molecule is N#Cc1cc(C(=O)O)c(C(F)F)nc1N1CC(C(=O)NS(=O)(=O)c2ccccc2OC(F)(F)F)C1. The fourth-order valence-corrected chi connectivity index (χ4v) is 4.32. The van der Waals surface area contributed by atoms with E-state index in [1.807, 2.05) is 0 Å². The zero-order valence-electron chi connectivity index (χ0n) is 17.1. The standard InChI is InChI=1S/C19H13F5N4O6S/c20-15(21)14-11(18(30)31)5-9(6-25)16(26-14)28-7-10(8-28)17(29)27-35(32,33)13-4-2-1-3-12(13)34-19(22,23)24/h1-5,10,15H,7-8H2,(H,27,29)(H,30,31). The molecule has 1 aliphatic rings. The fraction of sp³-hybridized carbons (Fsp3) is 0.263. The second-order valence-electron chi connectivity index (χ2n) is 7.08. The highest BCUT2D eigenvalue weighted by Gasteiger charge is 2.39. The van der Waals surface area contributed by atoms with Crippen LogP contribution in [0.3, 0.4) is 0 Å². The Morgan fingerprint density at radius 1 is 1.26 bits per heavy atom. The molecule has 2 N–H and O–H groups in total. The number of ether oxygens (including phenoxy) is 1. The van der Waals surface area contributed by atoms with E-state index in [-0.39, 0.29) is 24.5 Å². The Morgan fingerprint density at radius 2 is 1.89 bits per heavy atom. The van der Waals surface area contributed by atoms with E-state index in [1.54, 1.807) is 10.8 Å². The molecule has 10 nitrogen and oxygen atoms in total. The lowest BCUT2D eigenvalue weighted by Gasteiger charge is -2.39. The number of amides is 1. The molecular weight excluding hydrogens is 507 g/mol. The number of sulfonamides is 1. The van der Waals surface area contributed by atoms with Crippen LogP contribution in [-0.4, -0.2) is 49.8 Å². The number of rotatable bonds is 7. The smallest absolute Gasteiger partial charge is 0.478 e. The number of para-hydroxylation sites is 1. The van der Waals surface area contributed by atoms with Crippen LogP contribution in [0.15, 0.2) is 35.2 Å². The highest BCUT2D eigenvalue weighted by molar-refractivity contribution is 7.90. The highest BCUT2D eigenvalue weighted by Crippen LogP contribution is 2.32. The molecule has 0 bridgehead atoms. The number of anilines is 1. The number of aromatic carboxylic acids is 1. The van der Waals surface area contributed by atoms with Crippen molar-refractivity contribution in [2.75, 3.05) is 18.0 Å². The van der Waals surface area contributed by atoms with Crippen molar-refractivity contribution < 1.29 is 49.8 Å². The number of aromatic nitrogens is 1. The minimum Gasteiger partial charge on any atom is -0.478 e. The van der Waals surface area contributed by atoms with Gasteiger partial charge in [0, 0.05) is 13.1 Å². The molecule has 0 aliphatic carbocycles. The second kappa shape index (κ2) is 9.33. The summed E-state index contributed by atoms with van der Waals surface area (Å²) < 4.78 is 94.4. The number of nitrogens with zero attached hydrogens (tertiary/aromatic N) is 3. The Bertz CT molecular complexity index is 1320. The molecule has 1 aliphatic heterocycles. The largest absolute Gasteiger partial charge is 0.573 e. The molecule has 0 saturated carbocycles. The van der Waals surface area contributed by atoms with E-state index in [2.05, 4.69) is 9.72 Å². The minimum atomic E-state index is -5.19. The summed E-state index contributed by atoms with van der Waals surface area (Å²) in [7, 11) is -4.79. The lowest BCUT2D eigenvalue weighted by atomic mass is 9.98. The van der Waals surface area contributed by atoms with Crippen molar-refractivity contribution in [1.29, 1.82) is 5.26 Å². The average Bonchev–Trinajstić information content (AvgIpc) is 2.70. The van der Waals surface area contributed by atoms with Gasteiger partial charge in [-0.15, -0.1) is 13.2 Å². The van der Waals surface area contributed by atoms with Gasteiger partial charge in [-0.2, -0.15) is 5.26 Å². The molecule has 0 unspecified atom stereocenters. The number of carboxylic acid groups (broad SMARTS) is 1. The zero-order chi connectivity index (χ0) is 26.1. The van der Waals surface area contributed by atoms with Crippen molar-refractivity contribution in [3.63, 3.8) is 0 Å². The second-order valence-corrected chi connectivity index (χ2v) is 8.73. The van der Waals surface area contributed by atoms with Gasteiger partial charge in [-0.1, -0.05) is 12.1 Å². The topological polar surface area (TPSA) is 150 Å². The molecule has 1 amide bonds. The van der Waals surface area contributed by atoms with Gasteiger partial charge in [0.15, 0.2) is 0 Å². The third kappa shape index (κ3) is 5.57. The Labute approximate surface area is 193 Å². The van der Waals surface area contributed by atoms with Gasteiger partial charge in [-0.25, -0.2) is 31.7 Å². The normalized spacial score (nSPS) is 14.3. The molecule has 2 aromatic rings. The van der Waals surface area contributed by atoms with E-state index in [9.17, 15) is 45.2 Å². The number of nitriles is 1. The van der Waals surface area contributed by atoms with Crippen molar-refractivity contribution >= 4 is 27.7 Å². The van der Waals surface area contributed by atoms with E-state index >= 15 is 0 Å². The minimum absolute atomic E-state index is 0.293. The van der Waals surface area contributed by atoms with Gasteiger partial charge in [0.2, 0.25) is 5.91 Å². The third-order valence-corrected chi connectivity index (χ3v) is 6.13. The van der Waals surface area contributed by atoms with Crippen LogP contribution in [0.1, 0.15) is 28.0 Å². The van der Waals surface area contributed by atoms with Gasteiger partial charge in [0.05, 0.1) is 17.0 Å². The maximum atomic E-state index is 13.2. The predicted molar refractivity (Wildman–Crippen MR) is 105 cm³/mol. The zero-order valence-corrected chi connectivity index (χ0v) is 17.9. The van der Waals surface area contributed by atoms with Crippen LogP contribution in [0.4, 0.5) is 27.8 Å². The van der Waals surface area contributed by atoms with Gasteiger partial charge in [-0.05, 0) is 18.2 Å². The van der Waals surface area contributed by atoms with E-state index in [0.29, 0.717) is 6.07 Å². The predicted octanol–water partition coefficient (Wildman–Crippen LogP) is 2.43. The first-order valence-corrected chi connectivity index (χ1v) is 10.8. The first kappa shape index (κ1) is 25.6. The number of hydrogen-bond acceptors (Lipinski definition) is 8. The van der Waals surface area contributed by atoms with Crippen LogP contribution in [0.25, 0.3) is 0 Å². The van der Waals surface area contributed by atoms with E-state index in [1.165, 1.54) is 4.90 Å². The summed E-state index contributed by atoms with van der Waals surface area (Å²) in [5, 5.41) is 18.3. The van der Waals surface area contributed by atoms with Crippen molar-refractivity contribution in [2.45, 2.75) is 17.7 Å². The Balaban J connectivity index is 1.77. The fourth-order valence-electron chi connectivity index (χ4n) is 3.15. The molecule has 1 aromatic heterocycles. The summed E-state index contributed by atoms with van der Waals surface area (Å²) in [5.41, 5.74) is -2.33. The van der Waals surface area contributed by atoms with Gasteiger partial charge >= 0.3 is 12.3 Å². The third-order valence-electron chi connectivity index (χ3n) is 4.74. The molecule has 186 valence electrons. The highest BCUT2D eigenvalue weighted by atomic mass is 32.2. The number of alkyl halides is 5. The van der Waals surface area contributed by atoms with Crippen LogP contribution < -0.4 is 14.4 Å². The molecule has 16 heteroatoms. The first-order chi connectivity index (χ1) is 16.2. The van der Waals surface area contributed by atoms with Gasteiger partial charge < -0.3 is 14.7 Å². The molecule has 0 spiro atoms. The van der Waals surface area contributed by atoms with Crippen molar-refractivity contribution in [1.82, 2.24) is 9.71 Å². The molecule has 1 saturated heterocycles. The van der Waals surface area contributed by atoms with Crippen molar-refractivity contribution in [2.24, 2.45) is 5.92 Å². The van der Waals surface area contributed by atoms with Crippen molar-refractivity contribution in [3.05, 3.63) is 47.2 Å². The average molecular weight is 520 g/mol. The molecular formula is C19H13F5N4O6S. The van der Waals surface area contributed by atoms with Crippen LogP contribution in [0, 0.1) is 17.2 Å². The lowest BCUT2D eigenvalue weighted by Crippen LogP contribution is -2.55. The van der Waals surface area contributed by atoms with E-state index in [0.717, 1.165) is 24.3 Å². The first-order valence-electron chi connectivity index (χ1n) is 9.36. The Hall–Kier alpha value is -4.00. The number of carbonyl (C=O) groups is 2. The van der Waals surface area contributed by atoms with Crippen LogP contribution >= 0.6 is 0 Å². The molecule has 35 heavy (non-hydrogen) atoms. The van der Waals surface area contributed by atoms with Crippen molar-refractivity contribution in [3.8, 4) is 11.8 Å². The molecule has 1 fully saturated rings.